The highest BCUT2D eigenvalue weighted by molar-refractivity contribution is 14.1. The molecule has 0 radical (unpaired) electrons. The molecular formula is C12H16BrI. The normalized spacial score (nSPS) is 13.2. The predicted octanol–water partition coefficient (Wildman–Crippen LogP) is 4.50. The lowest BCUT2D eigenvalue weighted by atomic mass is 9.91. The predicted molar refractivity (Wildman–Crippen MR) is 75.0 cm³/mol. The van der Waals surface area contributed by atoms with Crippen LogP contribution in [0.3, 0.4) is 0 Å². The van der Waals surface area contributed by atoms with Crippen LogP contribution in [0.4, 0.5) is 0 Å². The molecule has 0 fully saturated rings. The zero-order chi connectivity index (χ0) is 10.6. The van der Waals surface area contributed by atoms with Gasteiger partial charge in [-0.3, -0.25) is 0 Å². The van der Waals surface area contributed by atoms with Crippen LogP contribution in [0.1, 0.15) is 19.4 Å². The third kappa shape index (κ3) is 3.89. The van der Waals surface area contributed by atoms with Gasteiger partial charge in [0.2, 0.25) is 0 Å². The van der Waals surface area contributed by atoms with Gasteiger partial charge in [0.25, 0.3) is 0 Å². The van der Waals surface area contributed by atoms with Crippen molar-refractivity contribution in [3.63, 3.8) is 0 Å². The van der Waals surface area contributed by atoms with E-state index in [1.807, 2.05) is 0 Å². The fourth-order valence-electron chi connectivity index (χ4n) is 1.39. The van der Waals surface area contributed by atoms with E-state index in [4.69, 9.17) is 0 Å². The van der Waals surface area contributed by atoms with Crippen LogP contribution >= 0.6 is 38.5 Å². The summed E-state index contributed by atoms with van der Waals surface area (Å²) in [6.45, 7) is 4.58. The highest BCUT2D eigenvalue weighted by atomic mass is 127. The standard InChI is InChI=1S/C12H16BrI/c1-9(2)11(8-13)7-10-3-5-12(14)6-4-10/h3-6,9,11H,7-8H2,1-2H3. The summed E-state index contributed by atoms with van der Waals surface area (Å²) in [4.78, 5) is 0. The molecule has 0 nitrogen and oxygen atoms in total. The first-order valence-corrected chi connectivity index (χ1v) is 7.14. The monoisotopic (exact) mass is 366 g/mol. The Balaban J connectivity index is 2.63. The smallest absolute Gasteiger partial charge is 0.0130 e. The average molecular weight is 367 g/mol. The van der Waals surface area contributed by atoms with Crippen molar-refractivity contribution in [2.75, 3.05) is 5.33 Å². The van der Waals surface area contributed by atoms with E-state index >= 15 is 0 Å². The van der Waals surface area contributed by atoms with E-state index in [9.17, 15) is 0 Å². The van der Waals surface area contributed by atoms with Crippen LogP contribution in [-0.2, 0) is 6.42 Å². The highest BCUT2D eigenvalue weighted by Crippen LogP contribution is 2.19. The Morgan fingerprint density at radius 1 is 1.21 bits per heavy atom. The number of benzene rings is 1. The summed E-state index contributed by atoms with van der Waals surface area (Å²) in [6, 6.07) is 8.84. The average Bonchev–Trinajstić information content (AvgIpc) is 2.16. The molecule has 1 aromatic carbocycles. The van der Waals surface area contributed by atoms with E-state index in [2.05, 4.69) is 76.6 Å². The van der Waals surface area contributed by atoms with Gasteiger partial charge in [-0.1, -0.05) is 41.9 Å². The van der Waals surface area contributed by atoms with Crippen LogP contribution in [0.2, 0.25) is 0 Å². The highest BCUT2D eigenvalue weighted by Gasteiger charge is 2.12. The maximum absolute atomic E-state index is 3.59. The molecular weight excluding hydrogens is 351 g/mol. The summed E-state index contributed by atoms with van der Waals surface area (Å²) in [6.07, 6.45) is 1.18. The molecule has 78 valence electrons. The minimum atomic E-state index is 0.744. The van der Waals surface area contributed by atoms with E-state index in [0.29, 0.717) is 0 Å². The van der Waals surface area contributed by atoms with Crippen LogP contribution in [0, 0.1) is 15.4 Å². The van der Waals surface area contributed by atoms with Crippen LogP contribution in [0.15, 0.2) is 24.3 Å². The van der Waals surface area contributed by atoms with Crippen molar-refractivity contribution in [1.82, 2.24) is 0 Å². The van der Waals surface area contributed by atoms with Gasteiger partial charge in [0.05, 0.1) is 0 Å². The van der Waals surface area contributed by atoms with Crippen molar-refractivity contribution >= 4 is 38.5 Å². The summed E-state index contributed by atoms with van der Waals surface area (Å²) < 4.78 is 1.31. The second kappa shape index (κ2) is 6.11. The molecule has 0 aliphatic carbocycles. The van der Waals surface area contributed by atoms with Crippen molar-refractivity contribution < 1.29 is 0 Å². The summed E-state index contributed by atoms with van der Waals surface area (Å²) >= 11 is 5.93. The van der Waals surface area contributed by atoms with Gasteiger partial charge >= 0.3 is 0 Å². The fourth-order valence-corrected chi connectivity index (χ4v) is 2.73. The molecule has 1 unspecified atom stereocenters. The van der Waals surface area contributed by atoms with E-state index in [0.717, 1.165) is 17.2 Å². The molecule has 0 aliphatic heterocycles. The van der Waals surface area contributed by atoms with Gasteiger partial charge in [-0.05, 0) is 58.5 Å². The largest absolute Gasteiger partial charge is 0.0925 e. The molecule has 14 heavy (non-hydrogen) atoms. The third-order valence-corrected chi connectivity index (χ3v) is 4.10. The molecule has 1 atom stereocenters. The van der Waals surface area contributed by atoms with Crippen molar-refractivity contribution in [3.8, 4) is 0 Å². The molecule has 0 heterocycles. The topological polar surface area (TPSA) is 0 Å². The lowest BCUT2D eigenvalue weighted by molar-refractivity contribution is 0.427. The summed E-state index contributed by atoms with van der Waals surface area (Å²) in [5, 5.41) is 1.09. The van der Waals surface area contributed by atoms with E-state index < -0.39 is 0 Å². The first kappa shape index (κ1) is 12.5. The molecule has 0 spiro atoms. The lowest BCUT2D eigenvalue weighted by Gasteiger charge is -2.17. The Bertz CT molecular complexity index is 266. The van der Waals surface area contributed by atoms with Crippen LogP contribution in [0.25, 0.3) is 0 Å². The van der Waals surface area contributed by atoms with Crippen molar-refractivity contribution in [2.45, 2.75) is 20.3 Å². The quantitative estimate of drug-likeness (QED) is 0.543. The Labute approximate surface area is 109 Å². The maximum Gasteiger partial charge on any atom is 0.0130 e. The number of halogens is 2. The Hall–Kier alpha value is 0.430. The van der Waals surface area contributed by atoms with Gasteiger partial charge in [0, 0.05) is 8.90 Å². The minimum absolute atomic E-state index is 0.744. The molecule has 0 aromatic heterocycles. The van der Waals surface area contributed by atoms with Crippen molar-refractivity contribution in [1.29, 1.82) is 0 Å². The van der Waals surface area contributed by atoms with Gasteiger partial charge in [-0.2, -0.15) is 0 Å². The molecule has 0 saturated carbocycles. The molecule has 0 aliphatic rings. The van der Waals surface area contributed by atoms with Gasteiger partial charge < -0.3 is 0 Å². The van der Waals surface area contributed by atoms with Gasteiger partial charge in [-0.15, -0.1) is 0 Å². The minimum Gasteiger partial charge on any atom is -0.0925 e. The molecule has 0 N–H and O–H groups in total. The molecule has 0 saturated heterocycles. The summed E-state index contributed by atoms with van der Waals surface area (Å²) in [7, 11) is 0. The van der Waals surface area contributed by atoms with Gasteiger partial charge in [0.1, 0.15) is 0 Å². The van der Waals surface area contributed by atoms with Crippen molar-refractivity contribution in [2.24, 2.45) is 11.8 Å². The van der Waals surface area contributed by atoms with Crippen LogP contribution in [-0.4, -0.2) is 5.33 Å². The number of alkyl halides is 1. The number of rotatable bonds is 4. The Morgan fingerprint density at radius 2 is 1.79 bits per heavy atom. The second-order valence-electron chi connectivity index (χ2n) is 3.99. The summed E-state index contributed by atoms with van der Waals surface area (Å²) in [5.41, 5.74) is 1.45. The van der Waals surface area contributed by atoms with Gasteiger partial charge in [0.15, 0.2) is 0 Å². The lowest BCUT2D eigenvalue weighted by Crippen LogP contribution is -2.13. The first-order valence-electron chi connectivity index (χ1n) is 4.94. The van der Waals surface area contributed by atoms with Crippen LogP contribution in [0.5, 0.6) is 0 Å². The van der Waals surface area contributed by atoms with Crippen LogP contribution < -0.4 is 0 Å². The maximum atomic E-state index is 3.59. The molecule has 1 aromatic rings. The SMILES string of the molecule is CC(C)C(CBr)Cc1ccc(I)cc1. The molecule has 1 rings (SSSR count). The van der Waals surface area contributed by atoms with Crippen molar-refractivity contribution in [3.05, 3.63) is 33.4 Å². The zero-order valence-corrected chi connectivity index (χ0v) is 12.4. The first-order chi connectivity index (χ1) is 6.63. The Morgan fingerprint density at radius 3 is 2.21 bits per heavy atom. The van der Waals surface area contributed by atoms with E-state index in [-0.39, 0.29) is 0 Å². The fraction of sp³-hybridized carbons (Fsp3) is 0.500. The molecule has 2 heteroatoms. The number of hydrogen-bond acceptors (Lipinski definition) is 0. The van der Waals surface area contributed by atoms with E-state index in [1.165, 1.54) is 15.6 Å². The molecule has 0 amide bonds. The summed E-state index contributed by atoms with van der Waals surface area (Å²) in [5.74, 6) is 1.49. The van der Waals surface area contributed by atoms with E-state index in [1.54, 1.807) is 0 Å². The third-order valence-electron chi connectivity index (χ3n) is 2.55. The second-order valence-corrected chi connectivity index (χ2v) is 5.88. The Kier molecular flexibility index (Phi) is 5.45. The number of hydrogen-bond donors (Lipinski definition) is 0. The zero-order valence-electron chi connectivity index (χ0n) is 8.63. The van der Waals surface area contributed by atoms with Gasteiger partial charge in [-0.25, -0.2) is 0 Å². The molecule has 0 bridgehead atoms.